The molecule has 1 aliphatic rings. The molecule has 0 bridgehead atoms. The standard InChI is InChI=1S/C28H29NO3/c1-20(29-21(2)30)25-14-10-22(11-15-25)6-7-23-12-16-26(17-13-23)32-28-5-3-4-27(18-28)31-19-24-8-9-24/h3-7,10-18,20,24H,8-9,19H2,1-2H3,(H,29,30)/b7-6+. The van der Waals surface area contributed by atoms with Crippen molar-refractivity contribution in [3.05, 3.63) is 89.5 Å². The zero-order valence-corrected chi connectivity index (χ0v) is 18.6. The van der Waals surface area contributed by atoms with Gasteiger partial charge in [0.1, 0.15) is 17.2 Å². The average Bonchev–Trinajstić information content (AvgIpc) is 3.62. The topological polar surface area (TPSA) is 47.6 Å². The van der Waals surface area contributed by atoms with E-state index in [2.05, 4.69) is 29.6 Å². The van der Waals surface area contributed by atoms with E-state index in [9.17, 15) is 4.79 Å². The Kier molecular flexibility index (Phi) is 6.90. The fourth-order valence-electron chi connectivity index (χ4n) is 3.39. The van der Waals surface area contributed by atoms with Gasteiger partial charge >= 0.3 is 0 Å². The van der Waals surface area contributed by atoms with Gasteiger partial charge in [0.2, 0.25) is 5.91 Å². The van der Waals surface area contributed by atoms with Crippen LogP contribution in [0.3, 0.4) is 0 Å². The third-order valence-electron chi connectivity index (χ3n) is 5.43. The Morgan fingerprint density at radius 3 is 2.19 bits per heavy atom. The molecule has 1 aliphatic carbocycles. The van der Waals surface area contributed by atoms with Crippen molar-refractivity contribution in [2.45, 2.75) is 32.7 Å². The number of rotatable bonds is 9. The van der Waals surface area contributed by atoms with Crippen LogP contribution in [0.1, 0.15) is 49.4 Å². The normalized spacial score (nSPS) is 14.2. The van der Waals surface area contributed by atoms with Gasteiger partial charge in [-0.3, -0.25) is 4.79 Å². The lowest BCUT2D eigenvalue weighted by molar-refractivity contribution is -0.119. The van der Waals surface area contributed by atoms with Gasteiger partial charge in [0.25, 0.3) is 0 Å². The van der Waals surface area contributed by atoms with Crippen LogP contribution in [0.4, 0.5) is 0 Å². The van der Waals surface area contributed by atoms with Gasteiger partial charge < -0.3 is 14.8 Å². The first-order valence-corrected chi connectivity index (χ1v) is 11.1. The maximum absolute atomic E-state index is 11.2. The van der Waals surface area contributed by atoms with Crippen LogP contribution in [0.2, 0.25) is 0 Å². The zero-order valence-electron chi connectivity index (χ0n) is 18.6. The molecule has 0 aliphatic heterocycles. The third-order valence-corrected chi connectivity index (χ3v) is 5.43. The van der Waals surface area contributed by atoms with E-state index in [0.29, 0.717) is 0 Å². The first-order valence-electron chi connectivity index (χ1n) is 11.1. The summed E-state index contributed by atoms with van der Waals surface area (Å²) in [5.41, 5.74) is 3.28. The van der Waals surface area contributed by atoms with Crippen LogP contribution in [-0.4, -0.2) is 12.5 Å². The van der Waals surface area contributed by atoms with Gasteiger partial charge in [-0.2, -0.15) is 0 Å². The van der Waals surface area contributed by atoms with Gasteiger partial charge in [-0.25, -0.2) is 0 Å². The maximum atomic E-state index is 11.2. The molecule has 3 aromatic rings. The molecule has 1 unspecified atom stereocenters. The van der Waals surface area contributed by atoms with Crippen molar-refractivity contribution >= 4 is 18.1 Å². The second-order valence-electron chi connectivity index (χ2n) is 8.32. The summed E-state index contributed by atoms with van der Waals surface area (Å²) in [6.45, 7) is 4.31. The second kappa shape index (κ2) is 10.2. The summed E-state index contributed by atoms with van der Waals surface area (Å²) in [6.07, 6.45) is 6.70. The van der Waals surface area contributed by atoms with Gasteiger partial charge in [0.05, 0.1) is 12.6 Å². The van der Waals surface area contributed by atoms with Crippen LogP contribution in [0.25, 0.3) is 12.2 Å². The Balaban J connectivity index is 1.33. The highest BCUT2D eigenvalue weighted by Gasteiger charge is 2.21. The van der Waals surface area contributed by atoms with Gasteiger partial charge in [0, 0.05) is 13.0 Å². The molecule has 0 saturated heterocycles. The molecule has 1 saturated carbocycles. The smallest absolute Gasteiger partial charge is 0.217 e. The van der Waals surface area contributed by atoms with Gasteiger partial charge in [-0.1, -0.05) is 54.6 Å². The summed E-state index contributed by atoms with van der Waals surface area (Å²) >= 11 is 0. The monoisotopic (exact) mass is 427 g/mol. The minimum absolute atomic E-state index is 0.00327. The number of ether oxygens (including phenoxy) is 2. The Hall–Kier alpha value is -3.53. The number of carbonyl (C=O) groups is 1. The van der Waals surface area contributed by atoms with E-state index < -0.39 is 0 Å². The van der Waals surface area contributed by atoms with Gasteiger partial charge in [-0.15, -0.1) is 0 Å². The van der Waals surface area contributed by atoms with Crippen LogP contribution in [-0.2, 0) is 4.79 Å². The van der Waals surface area contributed by atoms with E-state index in [-0.39, 0.29) is 11.9 Å². The first-order chi connectivity index (χ1) is 15.5. The molecule has 4 nitrogen and oxygen atoms in total. The number of benzene rings is 3. The molecule has 164 valence electrons. The second-order valence-corrected chi connectivity index (χ2v) is 8.32. The SMILES string of the molecule is CC(=O)NC(C)c1ccc(/C=C/c2ccc(Oc3cccc(OCC4CC4)c3)cc2)cc1. The quantitative estimate of drug-likeness (QED) is 0.390. The van der Waals surface area contributed by atoms with Gasteiger partial charge in [0.15, 0.2) is 0 Å². The number of hydrogen-bond acceptors (Lipinski definition) is 3. The lowest BCUT2D eigenvalue weighted by atomic mass is 10.1. The van der Waals surface area contributed by atoms with Crippen molar-refractivity contribution < 1.29 is 14.3 Å². The van der Waals surface area contributed by atoms with E-state index >= 15 is 0 Å². The minimum Gasteiger partial charge on any atom is -0.493 e. The Labute approximate surface area is 189 Å². The Morgan fingerprint density at radius 1 is 0.938 bits per heavy atom. The number of hydrogen-bond donors (Lipinski definition) is 1. The van der Waals surface area contributed by atoms with Crippen molar-refractivity contribution in [3.63, 3.8) is 0 Å². The lowest BCUT2D eigenvalue weighted by Gasteiger charge is -2.12. The third kappa shape index (κ3) is 6.48. The minimum atomic E-state index is -0.0245. The summed E-state index contributed by atoms with van der Waals surface area (Å²) in [4.78, 5) is 11.2. The fourth-order valence-corrected chi connectivity index (χ4v) is 3.39. The summed E-state index contributed by atoms with van der Waals surface area (Å²) in [5.74, 6) is 3.12. The summed E-state index contributed by atoms with van der Waals surface area (Å²) in [5, 5.41) is 2.90. The number of carbonyl (C=O) groups excluding carboxylic acids is 1. The summed E-state index contributed by atoms with van der Waals surface area (Å²) in [6, 6.07) is 24.0. The largest absolute Gasteiger partial charge is 0.493 e. The van der Waals surface area contributed by atoms with E-state index in [4.69, 9.17) is 9.47 Å². The molecule has 0 aromatic heterocycles. The molecular formula is C28H29NO3. The predicted octanol–water partition coefficient (Wildman–Crippen LogP) is 6.64. The molecule has 0 radical (unpaired) electrons. The Bertz CT molecular complexity index is 1070. The molecule has 1 amide bonds. The lowest BCUT2D eigenvalue weighted by Crippen LogP contribution is -2.23. The molecule has 0 heterocycles. The molecule has 1 fully saturated rings. The molecule has 4 rings (SSSR count). The number of amides is 1. The van der Waals surface area contributed by atoms with E-state index in [1.165, 1.54) is 19.8 Å². The van der Waals surface area contributed by atoms with Crippen molar-refractivity contribution in [2.75, 3.05) is 6.61 Å². The number of nitrogens with one attached hydrogen (secondary N) is 1. The molecular weight excluding hydrogens is 398 g/mol. The van der Waals surface area contributed by atoms with Crippen molar-refractivity contribution in [2.24, 2.45) is 5.92 Å². The zero-order chi connectivity index (χ0) is 22.3. The van der Waals surface area contributed by atoms with Crippen LogP contribution >= 0.6 is 0 Å². The molecule has 32 heavy (non-hydrogen) atoms. The Morgan fingerprint density at radius 2 is 1.56 bits per heavy atom. The molecule has 4 heteroatoms. The van der Waals surface area contributed by atoms with Gasteiger partial charge in [-0.05, 0) is 66.6 Å². The van der Waals surface area contributed by atoms with E-state index in [1.54, 1.807) is 0 Å². The van der Waals surface area contributed by atoms with Crippen molar-refractivity contribution in [1.82, 2.24) is 5.32 Å². The van der Waals surface area contributed by atoms with Crippen LogP contribution in [0, 0.1) is 5.92 Å². The maximum Gasteiger partial charge on any atom is 0.217 e. The van der Waals surface area contributed by atoms with Crippen molar-refractivity contribution in [1.29, 1.82) is 0 Å². The van der Waals surface area contributed by atoms with Crippen LogP contribution in [0.15, 0.2) is 72.8 Å². The summed E-state index contributed by atoms with van der Waals surface area (Å²) in [7, 11) is 0. The fraction of sp³-hybridized carbons (Fsp3) is 0.250. The predicted molar refractivity (Wildman–Crippen MR) is 129 cm³/mol. The van der Waals surface area contributed by atoms with E-state index in [0.717, 1.165) is 46.5 Å². The molecule has 3 aromatic carbocycles. The van der Waals surface area contributed by atoms with E-state index in [1.807, 2.05) is 67.6 Å². The highest BCUT2D eigenvalue weighted by Crippen LogP contribution is 2.31. The molecule has 0 spiro atoms. The first kappa shape index (κ1) is 21.7. The highest BCUT2D eigenvalue weighted by molar-refractivity contribution is 5.73. The highest BCUT2D eigenvalue weighted by atomic mass is 16.5. The van der Waals surface area contributed by atoms with Crippen LogP contribution < -0.4 is 14.8 Å². The van der Waals surface area contributed by atoms with Crippen LogP contribution in [0.5, 0.6) is 17.2 Å². The summed E-state index contributed by atoms with van der Waals surface area (Å²) < 4.78 is 11.8. The average molecular weight is 428 g/mol. The van der Waals surface area contributed by atoms with Crippen molar-refractivity contribution in [3.8, 4) is 17.2 Å². The molecule has 1 atom stereocenters. The molecule has 1 N–H and O–H groups in total.